The van der Waals surface area contributed by atoms with Crippen molar-refractivity contribution in [1.82, 2.24) is 28.8 Å². The molecule has 3 aromatic rings. The van der Waals surface area contributed by atoms with E-state index in [0.717, 1.165) is 24.8 Å². The van der Waals surface area contributed by atoms with Crippen LogP contribution in [0.5, 0.6) is 0 Å². The number of piperidine rings is 1. The van der Waals surface area contributed by atoms with Gasteiger partial charge in [0, 0.05) is 24.7 Å². The van der Waals surface area contributed by atoms with Crippen molar-refractivity contribution < 1.29 is 13.2 Å². The van der Waals surface area contributed by atoms with E-state index in [1.807, 2.05) is 11.8 Å². The maximum atomic E-state index is 13.4. The number of benzene rings is 1. The van der Waals surface area contributed by atoms with Gasteiger partial charge in [-0.1, -0.05) is 6.07 Å². The summed E-state index contributed by atoms with van der Waals surface area (Å²) in [5.41, 5.74) is 8.44. The van der Waals surface area contributed by atoms with Crippen molar-refractivity contribution in [3.63, 3.8) is 0 Å². The number of aryl methyl sites for hydroxylation is 1. The first-order valence-corrected chi connectivity index (χ1v) is 11.6. The molecular weight excluding hydrogens is 418 g/mol. The number of fused-ring (bicyclic) bond motifs is 2. The number of nitrogen functional groups attached to an aromatic ring is 1. The van der Waals surface area contributed by atoms with Crippen LogP contribution in [0, 0.1) is 6.92 Å². The van der Waals surface area contributed by atoms with Crippen molar-refractivity contribution in [2.75, 3.05) is 25.4 Å². The fraction of sp³-hybridized carbons (Fsp3) is 0.400. The molecule has 2 aliphatic heterocycles. The second-order valence-corrected chi connectivity index (χ2v) is 9.97. The highest BCUT2D eigenvalue weighted by Crippen LogP contribution is 2.30. The molecule has 0 aliphatic carbocycles. The molecule has 0 saturated carbocycles. The summed E-state index contributed by atoms with van der Waals surface area (Å²) in [6, 6.07) is 4.90. The molecule has 31 heavy (non-hydrogen) atoms. The molecule has 10 nitrogen and oxygen atoms in total. The molecule has 2 N–H and O–H groups in total. The van der Waals surface area contributed by atoms with Gasteiger partial charge in [0.1, 0.15) is 6.33 Å². The Morgan fingerprint density at radius 3 is 2.87 bits per heavy atom. The Hall–Kier alpha value is -3.05. The molecule has 2 aromatic heterocycles. The molecule has 1 amide bonds. The lowest BCUT2D eigenvalue weighted by atomic mass is 10.0. The van der Waals surface area contributed by atoms with Gasteiger partial charge in [-0.2, -0.15) is 9.40 Å². The maximum absolute atomic E-state index is 13.4. The summed E-state index contributed by atoms with van der Waals surface area (Å²) < 4.78 is 29.7. The van der Waals surface area contributed by atoms with E-state index >= 15 is 0 Å². The van der Waals surface area contributed by atoms with Crippen LogP contribution in [0.4, 0.5) is 5.82 Å². The van der Waals surface area contributed by atoms with Gasteiger partial charge in [0.05, 0.1) is 23.3 Å². The molecule has 0 radical (unpaired) electrons. The largest absolute Gasteiger partial charge is 0.381 e. The zero-order valence-corrected chi connectivity index (χ0v) is 17.9. The molecule has 11 heteroatoms. The third-order valence-corrected chi connectivity index (χ3v) is 7.93. The van der Waals surface area contributed by atoms with Crippen LogP contribution in [0.2, 0.25) is 0 Å². The van der Waals surface area contributed by atoms with E-state index in [0.29, 0.717) is 30.0 Å². The van der Waals surface area contributed by atoms with E-state index in [9.17, 15) is 13.2 Å². The number of aromatic nitrogens is 4. The summed E-state index contributed by atoms with van der Waals surface area (Å²) in [6.07, 6.45) is 5.75. The molecule has 0 unspecified atom stereocenters. The quantitative estimate of drug-likeness (QED) is 0.644. The molecule has 0 spiro atoms. The second-order valence-electron chi connectivity index (χ2n) is 8.04. The molecular formula is C20H23N7O3S. The van der Waals surface area contributed by atoms with Gasteiger partial charge in [-0.05, 0) is 43.9 Å². The smallest absolute Gasteiger partial charge is 0.243 e. The number of sulfonamides is 1. The summed E-state index contributed by atoms with van der Waals surface area (Å²) in [7, 11) is -3.84. The van der Waals surface area contributed by atoms with Crippen LogP contribution in [0.1, 0.15) is 24.8 Å². The first-order valence-electron chi connectivity index (χ1n) is 10.2. The maximum Gasteiger partial charge on any atom is 0.243 e. The Morgan fingerprint density at radius 1 is 1.19 bits per heavy atom. The lowest BCUT2D eigenvalue weighted by Crippen LogP contribution is -2.59. The number of carbonyl (C=O) groups is 1. The fourth-order valence-corrected chi connectivity index (χ4v) is 5.90. The minimum absolute atomic E-state index is 0.0480. The molecule has 2 fully saturated rings. The third-order valence-electron chi connectivity index (χ3n) is 6.13. The van der Waals surface area contributed by atoms with Crippen LogP contribution in [0.15, 0.2) is 35.6 Å². The first-order chi connectivity index (χ1) is 14.9. The lowest BCUT2D eigenvalue weighted by molar-refractivity contribution is -0.139. The topological polar surface area (TPSA) is 127 Å². The van der Waals surface area contributed by atoms with Crippen LogP contribution in [0.3, 0.4) is 0 Å². The summed E-state index contributed by atoms with van der Waals surface area (Å²) in [5, 5.41) is 4.21. The Balaban J connectivity index is 1.54. The Kier molecular flexibility index (Phi) is 4.67. The number of hydrogen-bond acceptors (Lipinski definition) is 7. The summed E-state index contributed by atoms with van der Waals surface area (Å²) >= 11 is 0. The average Bonchev–Trinajstić information content (AvgIpc) is 3.19. The fourth-order valence-electron chi connectivity index (χ4n) is 4.45. The predicted octanol–water partition coefficient (Wildman–Crippen LogP) is 1.07. The third kappa shape index (κ3) is 3.24. The van der Waals surface area contributed by atoms with Crippen molar-refractivity contribution in [2.45, 2.75) is 37.1 Å². The molecule has 2 saturated heterocycles. The van der Waals surface area contributed by atoms with Crippen LogP contribution in [0.25, 0.3) is 16.9 Å². The van der Waals surface area contributed by atoms with Gasteiger partial charge in [0.15, 0.2) is 11.5 Å². The number of amides is 1. The SMILES string of the molecule is Cc1ccc(S(=O)(=O)N2CC(=O)N3CCCC[C@@H]3C2)cc1-c1cnc2c(N)ncnn12. The van der Waals surface area contributed by atoms with E-state index in [4.69, 9.17) is 5.73 Å². The van der Waals surface area contributed by atoms with Gasteiger partial charge in [-0.15, -0.1) is 0 Å². The van der Waals surface area contributed by atoms with E-state index in [1.54, 1.807) is 28.9 Å². The van der Waals surface area contributed by atoms with E-state index in [-0.39, 0.29) is 29.2 Å². The van der Waals surface area contributed by atoms with E-state index in [1.165, 1.54) is 10.6 Å². The highest BCUT2D eigenvalue weighted by Gasteiger charge is 2.39. The van der Waals surface area contributed by atoms with Gasteiger partial charge in [-0.25, -0.2) is 22.9 Å². The molecule has 1 atom stereocenters. The number of anilines is 1. The second kappa shape index (κ2) is 7.27. The number of piperazine rings is 1. The van der Waals surface area contributed by atoms with Crippen molar-refractivity contribution in [2.24, 2.45) is 0 Å². The average molecular weight is 442 g/mol. The van der Waals surface area contributed by atoms with Crippen molar-refractivity contribution in [1.29, 1.82) is 0 Å². The highest BCUT2D eigenvalue weighted by molar-refractivity contribution is 7.89. The zero-order chi connectivity index (χ0) is 21.8. The molecule has 2 aliphatic rings. The Labute approximate surface area is 179 Å². The Morgan fingerprint density at radius 2 is 2.03 bits per heavy atom. The summed E-state index contributed by atoms with van der Waals surface area (Å²) in [6.45, 7) is 2.81. The Bertz CT molecular complexity index is 1290. The number of hydrogen-bond donors (Lipinski definition) is 1. The summed E-state index contributed by atoms with van der Waals surface area (Å²) in [4.78, 5) is 22.8. The van der Waals surface area contributed by atoms with Crippen molar-refractivity contribution in [3.8, 4) is 11.3 Å². The normalized spacial score (nSPS) is 20.2. The minimum atomic E-state index is -3.84. The number of rotatable bonds is 3. The number of imidazole rings is 1. The molecule has 162 valence electrons. The van der Waals surface area contributed by atoms with Gasteiger partial charge in [0.2, 0.25) is 15.9 Å². The molecule has 1 aromatic carbocycles. The summed E-state index contributed by atoms with van der Waals surface area (Å²) in [5.74, 6) is 0.118. The molecule has 4 heterocycles. The van der Waals surface area contributed by atoms with Crippen molar-refractivity contribution >= 4 is 27.4 Å². The number of nitrogens with two attached hydrogens (primary N) is 1. The number of nitrogens with zero attached hydrogens (tertiary/aromatic N) is 6. The van der Waals surface area contributed by atoms with Crippen LogP contribution in [-0.2, 0) is 14.8 Å². The molecule has 5 rings (SSSR count). The lowest BCUT2D eigenvalue weighted by Gasteiger charge is -2.43. The van der Waals surface area contributed by atoms with Gasteiger partial charge >= 0.3 is 0 Å². The molecule has 0 bridgehead atoms. The van der Waals surface area contributed by atoms with Crippen LogP contribution < -0.4 is 5.73 Å². The predicted molar refractivity (Wildman–Crippen MR) is 113 cm³/mol. The van der Waals surface area contributed by atoms with E-state index in [2.05, 4.69) is 15.1 Å². The van der Waals surface area contributed by atoms with Gasteiger partial charge < -0.3 is 10.6 Å². The standard InChI is InChI=1S/C20H23N7O3S/c1-13-5-6-15(8-16(13)17-9-22-20-19(21)23-12-24-27(17)20)31(29,30)25-10-14-4-2-3-7-26(14)18(28)11-25/h5-6,8-9,12,14H,2-4,7,10-11H2,1H3,(H2,21,23,24)/t14-/m1/s1. The monoisotopic (exact) mass is 441 g/mol. The first kappa shape index (κ1) is 19.9. The minimum Gasteiger partial charge on any atom is -0.381 e. The zero-order valence-electron chi connectivity index (χ0n) is 17.1. The highest BCUT2D eigenvalue weighted by atomic mass is 32.2. The van der Waals surface area contributed by atoms with Gasteiger partial charge in [0.25, 0.3) is 0 Å². The van der Waals surface area contributed by atoms with E-state index < -0.39 is 10.0 Å². The van der Waals surface area contributed by atoms with Crippen LogP contribution >= 0.6 is 0 Å². The number of carbonyl (C=O) groups excluding carboxylic acids is 1. The van der Waals surface area contributed by atoms with Gasteiger partial charge in [-0.3, -0.25) is 4.79 Å². The van der Waals surface area contributed by atoms with Crippen LogP contribution in [-0.4, -0.2) is 68.8 Å². The van der Waals surface area contributed by atoms with Crippen molar-refractivity contribution in [3.05, 3.63) is 36.3 Å².